The fourth-order valence-electron chi connectivity index (χ4n) is 1.81. The van der Waals surface area contributed by atoms with Crippen LogP contribution in [-0.4, -0.2) is 5.78 Å². The Kier molecular flexibility index (Phi) is 2.86. The largest absolute Gasteiger partial charge is 0.382 e. The van der Waals surface area contributed by atoms with Crippen molar-refractivity contribution >= 4 is 5.78 Å². The fraction of sp³-hybridized carbons (Fsp3) is 0.308. The molecule has 0 saturated heterocycles. The first-order chi connectivity index (χ1) is 7.25. The van der Waals surface area contributed by atoms with Crippen LogP contribution in [0.5, 0.6) is 0 Å². The van der Waals surface area contributed by atoms with Crippen LogP contribution in [0.4, 0.5) is 0 Å². The van der Waals surface area contributed by atoms with Crippen LogP contribution in [0.2, 0.25) is 0 Å². The molecule has 1 aliphatic carbocycles. The Hall–Kier alpha value is -1.57. The quantitative estimate of drug-likeness (QED) is 0.814. The summed E-state index contributed by atoms with van der Waals surface area (Å²) >= 11 is 0. The lowest BCUT2D eigenvalue weighted by Crippen LogP contribution is -2.16. The first kappa shape index (κ1) is 9.97. The summed E-state index contributed by atoms with van der Waals surface area (Å²) in [6, 6.07) is 10.5. The third-order valence-corrected chi connectivity index (χ3v) is 2.68. The number of rotatable bonds is 3. The summed E-state index contributed by atoms with van der Waals surface area (Å²) in [7, 11) is 0. The molecule has 1 N–H and O–H groups in total. The van der Waals surface area contributed by atoms with Gasteiger partial charge in [0.25, 0.3) is 0 Å². The zero-order chi connectivity index (χ0) is 10.7. The lowest BCUT2D eigenvalue weighted by Gasteiger charge is -2.15. The molecule has 0 radical (unpaired) electrons. The Morgan fingerprint density at radius 2 is 1.93 bits per heavy atom. The van der Waals surface area contributed by atoms with Crippen molar-refractivity contribution < 1.29 is 4.79 Å². The van der Waals surface area contributed by atoms with E-state index in [0.717, 1.165) is 12.1 Å². The fourth-order valence-corrected chi connectivity index (χ4v) is 1.81. The van der Waals surface area contributed by atoms with E-state index in [1.165, 1.54) is 5.56 Å². The van der Waals surface area contributed by atoms with Crippen molar-refractivity contribution in [3.63, 3.8) is 0 Å². The van der Waals surface area contributed by atoms with E-state index in [4.69, 9.17) is 0 Å². The molecule has 2 rings (SSSR count). The Morgan fingerprint density at radius 1 is 1.20 bits per heavy atom. The van der Waals surface area contributed by atoms with E-state index in [0.29, 0.717) is 6.42 Å². The highest BCUT2D eigenvalue weighted by Gasteiger charge is 2.13. The van der Waals surface area contributed by atoms with Crippen molar-refractivity contribution in [3.05, 3.63) is 47.7 Å². The van der Waals surface area contributed by atoms with E-state index < -0.39 is 0 Å². The van der Waals surface area contributed by atoms with Gasteiger partial charge in [0.05, 0.1) is 0 Å². The second-order valence-electron chi connectivity index (χ2n) is 3.91. The molecule has 0 aromatic heterocycles. The number of benzene rings is 1. The van der Waals surface area contributed by atoms with Gasteiger partial charge < -0.3 is 5.32 Å². The molecule has 0 saturated carbocycles. The molecule has 1 aliphatic rings. The van der Waals surface area contributed by atoms with E-state index in [2.05, 4.69) is 24.4 Å². The average molecular weight is 201 g/mol. The Bertz CT molecular complexity index is 381. The first-order valence-corrected chi connectivity index (χ1v) is 5.30. The summed E-state index contributed by atoms with van der Waals surface area (Å²) in [5, 5.41) is 3.37. The summed E-state index contributed by atoms with van der Waals surface area (Å²) in [5.74, 6) is 0.234. The van der Waals surface area contributed by atoms with Crippen molar-refractivity contribution in [2.24, 2.45) is 0 Å². The van der Waals surface area contributed by atoms with Gasteiger partial charge in [-0.05, 0) is 18.9 Å². The van der Waals surface area contributed by atoms with Crippen LogP contribution in [-0.2, 0) is 4.79 Å². The number of nitrogens with one attached hydrogen (secondary N) is 1. The van der Waals surface area contributed by atoms with Gasteiger partial charge in [0.2, 0.25) is 0 Å². The van der Waals surface area contributed by atoms with Gasteiger partial charge >= 0.3 is 0 Å². The standard InChI is InChI=1S/C13H15NO/c1-10(11-5-3-2-4-6-11)14-12-7-8-13(15)9-12/h2-6,9-10,14H,7-8H2,1H3. The Balaban J connectivity index is 2.01. The maximum atomic E-state index is 11.1. The van der Waals surface area contributed by atoms with Gasteiger partial charge in [-0.3, -0.25) is 4.79 Å². The third-order valence-electron chi connectivity index (χ3n) is 2.68. The average Bonchev–Trinajstić information content (AvgIpc) is 2.65. The van der Waals surface area contributed by atoms with Crippen LogP contribution in [0.1, 0.15) is 31.4 Å². The molecule has 1 aromatic rings. The minimum absolute atomic E-state index is 0.234. The van der Waals surface area contributed by atoms with Crippen molar-refractivity contribution in [3.8, 4) is 0 Å². The maximum absolute atomic E-state index is 11.1. The summed E-state index contributed by atoms with van der Waals surface area (Å²) in [6.45, 7) is 2.11. The van der Waals surface area contributed by atoms with E-state index in [1.807, 2.05) is 18.2 Å². The van der Waals surface area contributed by atoms with E-state index >= 15 is 0 Å². The molecular formula is C13H15NO. The Morgan fingerprint density at radius 3 is 2.53 bits per heavy atom. The molecule has 2 heteroatoms. The minimum atomic E-state index is 0.234. The van der Waals surface area contributed by atoms with Gasteiger partial charge in [-0.1, -0.05) is 30.3 Å². The summed E-state index contributed by atoms with van der Waals surface area (Å²) in [4.78, 5) is 11.1. The van der Waals surface area contributed by atoms with Gasteiger partial charge in [-0.2, -0.15) is 0 Å². The van der Waals surface area contributed by atoms with Crippen LogP contribution >= 0.6 is 0 Å². The highest BCUT2D eigenvalue weighted by molar-refractivity contribution is 5.92. The van der Waals surface area contributed by atoms with Crippen LogP contribution in [0, 0.1) is 0 Å². The molecular weight excluding hydrogens is 186 g/mol. The number of carbonyl (C=O) groups is 1. The highest BCUT2D eigenvalue weighted by atomic mass is 16.1. The van der Waals surface area contributed by atoms with Crippen molar-refractivity contribution in [2.75, 3.05) is 0 Å². The molecule has 1 unspecified atom stereocenters. The minimum Gasteiger partial charge on any atom is -0.382 e. The van der Waals surface area contributed by atoms with E-state index in [9.17, 15) is 4.79 Å². The molecule has 0 aliphatic heterocycles. The summed E-state index contributed by atoms with van der Waals surface area (Å²) in [5.41, 5.74) is 2.31. The normalized spacial score (nSPS) is 17.4. The third kappa shape index (κ3) is 2.46. The van der Waals surface area contributed by atoms with E-state index in [1.54, 1.807) is 6.08 Å². The number of hydrogen-bond donors (Lipinski definition) is 1. The highest BCUT2D eigenvalue weighted by Crippen LogP contribution is 2.18. The molecule has 1 aromatic carbocycles. The maximum Gasteiger partial charge on any atom is 0.157 e. The SMILES string of the molecule is CC(NC1=CC(=O)CC1)c1ccccc1. The molecule has 1 atom stereocenters. The van der Waals surface area contributed by atoms with Crippen LogP contribution in [0.25, 0.3) is 0 Å². The van der Waals surface area contributed by atoms with Gasteiger partial charge in [0, 0.05) is 24.2 Å². The topological polar surface area (TPSA) is 29.1 Å². The molecule has 15 heavy (non-hydrogen) atoms. The molecule has 0 bridgehead atoms. The molecule has 2 nitrogen and oxygen atoms in total. The lowest BCUT2D eigenvalue weighted by atomic mass is 10.1. The summed E-state index contributed by atoms with van der Waals surface area (Å²) < 4.78 is 0. The molecule has 78 valence electrons. The smallest absolute Gasteiger partial charge is 0.157 e. The second kappa shape index (κ2) is 4.30. The predicted octanol–water partition coefficient (Wildman–Crippen LogP) is 2.58. The van der Waals surface area contributed by atoms with Gasteiger partial charge in [0.1, 0.15) is 0 Å². The number of ketones is 1. The van der Waals surface area contributed by atoms with E-state index in [-0.39, 0.29) is 11.8 Å². The lowest BCUT2D eigenvalue weighted by molar-refractivity contribution is -0.114. The molecule has 0 spiro atoms. The first-order valence-electron chi connectivity index (χ1n) is 5.30. The zero-order valence-corrected chi connectivity index (χ0v) is 8.86. The number of carbonyl (C=O) groups excluding carboxylic acids is 1. The monoisotopic (exact) mass is 201 g/mol. The molecule has 0 fully saturated rings. The molecule has 0 amide bonds. The van der Waals surface area contributed by atoms with Gasteiger partial charge in [0.15, 0.2) is 5.78 Å². The Labute approximate surface area is 90.0 Å². The van der Waals surface area contributed by atoms with Crippen LogP contribution < -0.4 is 5.32 Å². The number of allylic oxidation sites excluding steroid dienone is 2. The molecule has 0 heterocycles. The predicted molar refractivity (Wildman–Crippen MR) is 60.3 cm³/mol. The van der Waals surface area contributed by atoms with Crippen molar-refractivity contribution in [1.82, 2.24) is 5.32 Å². The van der Waals surface area contributed by atoms with Crippen LogP contribution in [0.15, 0.2) is 42.1 Å². The van der Waals surface area contributed by atoms with Crippen molar-refractivity contribution in [1.29, 1.82) is 0 Å². The second-order valence-corrected chi connectivity index (χ2v) is 3.91. The van der Waals surface area contributed by atoms with Gasteiger partial charge in [-0.15, -0.1) is 0 Å². The van der Waals surface area contributed by atoms with Gasteiger partial charge in [-0.25, -0.2) is 0 Å². The van der Waals surface area contributed by atoms with Crippen molar-refractivity contribution in [2.45, 2.75) is 25.8 Å². The van der Waals surface area contributed by atoms with Crippen LogP contribution in [0.3, 0.4) is 0 Å². The summed E-state index contributed by atoms with van der Waals surface area (Å²) in [6.07, 6.45) is 3.24. The zero-order valence-electron chi connectivity index (χ0n) is 8.86. The number of hydrogen-bond acceptors (Lipinski definition) is 2.